The van der Waals surface area contributed by atoms with Crippen molar-refractivity contribution in [2.75, 3.05) is 5.32 Å². The molecule has 0 saturated carbocycles. The zero-order valence-corrected chi connectivity index (χ0v) is 11.8. The Kier molecular flexibility index (Phi) is 3.97. The van der Waals surface area contributed by atoms with E-state index in [2.05, 4.69) is 17.2 Å². The average Bonchev–Trinajstić information content (AvgIpc) is 2.73. The largest absolute Gasteiger partial charge is 0.302 e. The summed E-state index contributed by atoms with van der Waals surface area (Å²) >= 11 is 1.53. The highest BCUT2D eigenvalue weighted by Crippen LogP contribution is 2.28. The monoisotopic (exact) mass is 262 g/mol. The Hall–Kier alpha value is -1.42. The predicted octanol–water partition coefficient (Wildman–Crippen LogP) is 3.98. The third-order valence-electron chi connectivity index (χ3n) is 3.02. The standard InChI is InChI=1S/C14H18N2OS/c1-4-6-10(3)13(17)16-14-15-12-9(2)7-5-8-11(12)18-14/h5,7-8,10H,4,6H2,1-3H3,(H,15,16,17)/t10-/m0/s1. The molecule has 1 N–H and O–H groups in total. The number of carbonyl (C=O) groups excluding carboxylic acids is 1. The fraction of sp³-hybridized carbons (Fsp3) is 0.429. The topological polar surface area (TPSA) is 42.0 Å². The van der Waals surface area contributed by atoms with Crippen LogP contribution in [-0.2, 0) is 4.79 Å². The normalized spacial score (nSPS) is 12.6. The maximum atomic E-state index is 11.9. The highest BCUT2D eigenvalue weighted by molar-refractivity contribution is 7.22. The maximum Gasteiger partial charge on any atom is 0.228 e. The van der Waals surface area contributed by atoms with Gasteiger partial charge in [-0.1, -0.05) is 43.7 Å². The number of anilines is 1. The number of aromatic nitrogens is 1. The number of thiazole rings is 1. The lowest BCUT2D eigenvalue weighted by atomic mass is 10.1. The number of fused-ring (bicyclic) bond motifs is 1. The molecule has 0 aliphatic carbocycles. The van der Waals surface area contributed by atoms with Gasteiger partial charge >= 0.3 is 0 Å². The Balaban J connectivity index is 2.17. The third-order valence-corrected chi connectivity index (χ3v) is 3.96. The predicted molar refractivity (Wildman–Crippen MR) is 77.1 cm³/mol. The van der Waals surface area contributed by atoms with Crippen LogP contribution in [0.4, 0.5) is 5.13 Å². The number of aryl methyl sites for hydroxylation is 1. The molecule has 1 atom stereocenters. The Bertz CT molecular complexity index is 562. The van der Waals surface area contributed by atoms with E-state index in [1.165, 1.54) is 11.3 Å². The van der Waals surface area contributed by atoms with Crippen LogP contribution in [0.5, 0.6) is 0 Å². The molecule has 0 aliphatic rings. The van der Waals surface area contributed by atoms with E-state index < -0.39 is 0 Å². The molecular weight excluding hydrogens is 244 g/mol. The van der Waals surface area contributed by atoms with Gasteiger partial charge in [-0.15, -0.1) is 0 Å². The number of hydrogen-bond donors (Lipinski definition) is 1. The van der Waals surface area contributed by atoms with Crippen LogP contribution >= 0.6 is 11.3 Å². The number of rotatable bonds is 4. The van der Waals surface area contributed by atoms with Crippen molar-refractivity contribution in [2.24, 2.45) is 5.92 Å². The highest BCUT2D eigenvalue weighted by Gasteiger charge is 2.14. The molecule has 0 spiro atoms. The Morgan fingerprint density at radius 2 is 2.28 bits per heavy atom. The van der Waals surface area contributed by atoms with Gasteiger partial charge in [-0.05, 0) is 25.0 Å². The van der Waals surface area contributed by atoms with Crippen molar-refractivity contribution in [3.8, 4) is 0 Å². The van der Waals surface area contributed by atoms with Crippen LogP contribution in [0.15, 0.2) is 18.2 Å². The number of carbonyl (C=O) groups is 1. The fourth-order valence-electron chi connectivity index (χ4n) is 1.93. The zero-order chi connectivity index (χ0) is 13.1. The molecule has 0 aliphatic heterocycles. The molecule has 0 unspecified atom stereocenters. The lowest BCUT2D eigenvalue weighted by Gasteiger charge is -2.08. The van der Waals surface area contributed by atoms with Gasteiger partial charge in [0, 0.05) is 5.92 Å². The molecule has 96 valence electrons. The fourth-order valence-corrected chi connectivity index (χ4v) is 2.88. The van der Waals surface area contributed by atoms with Crippen LogP contribution in [0.25, 0.3) is 10.2 Å². The van der Waals surface area contributed by atoms with Gasteiger partial charge in [-0.3, -0.25) is 4.79 Å². The molecule has 1 amide bonds. The Morgan fingerprint density at radius 1 is 1.50 bits per heavy atom. The first-order valence-electron chi connectivity index (χ1n) is 6.28. The summed E-state index contributed by atoms with van der Waals surface area (Å²) in [6.07, 6.45) is 1.93. The van der Waals surface area contributed by atoms with Crippen molar-refractivity contribution >= 4 is 32.6 Å². The second kappa shape index (κ2) is 5.48. The molecule has 1 aromatic carbocycles. The molecule has 4 heteroatoms. The van der Waals surface area contributed by atoms with Gasteiger partial charge in [0.1, 0.15) is 0 Å². The van der Waals surface area contributed by atoms with Crippen LogP contribution < -0.4 is 5.32 Å². The number of nitrogens with one attached hydrogen (secondary N) is 1. The van der Waals surface area contributed by atoms with Gasteiger partial charge in [-0.2, -0.15) is 0 Å². The van der Waals surface area contributed by atoms with Crippen molar-refractivity contribution < 1.29 is 4.79 Å². The van der Waals surface area contributed by atoms with Gasteiger partial charge in [-0.25, -0.2) is 4.98 Å². The van der Waals surface area contributed by atoms with Crippen LogP contribution in [0.1, 0.15) is 32.3 Å². The van der Waals surface area contributed by atoms with Crippen molar-refractivity contribution in [3.05, 3.63) is 23.8 Å². The summed E-state index contributed by atoms with van der Waals surface area (Å²) in [5.74, 6) is 0.108. The number of para-hydroxylation sites is 1. The molecular formula is C14H18N2OS. The van der Waals surface area contributed by atoms with Crippen molar-refractivity contribution in [1.29, 1.82) is 0 Å². The maximum absolute atomic E-state index is 11.9. The van der Waals surface area contributed by atoms with E-state index in [0.29, 0.717) is 5.13 Å². The zero-order valence-electron chi connectivity index (χ0n) is 11.0. The van der Waals surface area contributed by atoms with E-state index in [-0.39, 0.29) is 11.8 Å². The Labute approximate surface area is 111 Å². The number of amides is 1. The van der Waals surface area contributed by atoms with E-state index in [4.69, 9.17) is 0 Å². The SMILES string of the molecule is CCC[C@H](C)C(=O)Nc1nc2c(C)cccc2s1. The van der Waals surface area contributed by atoms with E-state index in [9.17, 15) is 4.79 Å². The van der Waals surface area contributed by atoms with E-state index in [0.717, 1.165) is 28.6 Å². The summed E-state index contributed by atoms with van der Waals surface area (Å²) in [6.45, 7) is 6.08. The first-order chi connectivity index (χ1) is 8.61. The molecule has 0 bridgehead atoms. The van der Waals surface area contributed by atoms with Crippen molar-refractivity contribution in [2.45, 2.75) is 33.6 Å². The van der Waals surface area contributed by atoms with Crippen LogP contribution in [0.3, 0.4) is 0 Å². The molecule has 3 nitrogen and oxygen atoms in total. The molecule has 2 aromatic rings. The first kappa shape index (κ1) is 13.0. The number of nitrogens with zero attached hydrogens (tertiary/aromatic N) is 1. The Morgan fingerprint density at radius 3 is 2.94 bits per heavy atom. The van der Waals surface area contributed by atoms with Crippen LogP contribution in [-0.4, -0.2) is 10.9 Å². The first-order valence-corrected chi connectivity index (χ1v) is 7.10. The molecule has 1 heterocycles. The van der Waals surface area contributed by atoms with E-state index >= 15 is 0 Å². The molecule has 1 aromatic heterocycles. The quantitative estimate of drug-likeness (QED) is 0.905. The van der Waals surface area contributed by atoms with Crippen molar-refractivity contribution in [1.82, 2.24) is 4.98 Å². The van der Waals surface area contributed by atoms with Gasteiger partial charge in [0.15, 0.2) is 5.13 Å². The average molecular weight is 262 g/mol. The summed E-state index contributed by atoms with van der Waals surface area (Å²) in [7, 11) is 0. The smallest absolute Gasteiger partial charge is 0.228 e. The minimum absolute atomic E-state index is 0.0445. The summed E-state index contributed by atoms with van der Waals surface area (Å²) < 4.78 is 1.12. The molecule has 2 rings (SSSR count). The lowest BCUT2D eigenvalue weighted by molar-refractivity contribution is -0.119. The van der Waals surface area contributed by atoms with Crippen molar-refractivity contribution in [3.63, 3.8) is 0 Å². The minimum Gasteiger partial charge on any atom is -0.302 e. The van der Waals surface area contributed by atoms with E-state index in [1.54, 1.807) is 0 Å². The van der Waals surface area contributed by atoms with Crippen LogP contribution in [0.2, 0.25) is 0 Å². The second-order valence-corrected chi connectivity index (χ2v) is 5.65. The molecule has 0 saturated heterocycles. The lowest BCUT2D eigenvalue weighted by Crippen LogP contribution is -2.19. The second-order valence-electron chi connectivity index (χ2n) is 4.62. The van der Waals surface area contributed by atoms with Gasteiger partial charge in [0.2, 0.25) is 5.91 Å². The minimum atomic E-state index is 0.0445. The molecule has 18 heavy (non-hydrogen) atoms. The molecule has 0 fully saturated rings. The summed E-state index contributed by atoms with van der Waals surface area (Å²) in [5.41, 5.74) is 2.13. The summed E-state index contributed by atoms with van der Waals surface area (Å²) in [5, 5.41) is 3.61. The van der Waals surface area contributed by atoms with Gasteiger partial charge in [0.25, 0.3) is 0 Å². The number of hydrogen-bond acceptors (Lipinski definition) is 3. The van der Waals surface area contributed by atoms with E-state index in [1.807, 2.05) is 32.0 Å². The highest BCUT2D eigenvalue weighted by atomic mass is 32.1. The van der Waals surface area contributed by atoms with Gasteiger partial charge in [0.05, 0.1) is 10.2 Å². The third kappa shape index (κ3) is 2.70. The summed E-state index contributed by atoms with van der Waals surface area (Å²) in [4.78, 5) is 16.4. The summed E-state index contributed by atoms with van der Waals surface area (Å²) in [6, 6.07) is 6.08. The van der Waals surface area contributed by atoms with Gasteiger partial charge < -0.3 is 5.32 Å². The molecule has 0 radical (unpaired) electrons. The number of benzene rings is 1. The van der Waals surface area contributed by atoms with Crippen LogP contribution in [0, 0.1) is 12.8 Å².